The summed E-state index contributed by atoms with van der Waals surface area (Å²) < 4.78 is 0. The molecule has 1 aliphatic rings. The molecule has 2 rings (SSSR count). The molecular weight excluding hydrogens is 230 g/mol. The van der Waals surface area contributed by atoms with Crippen LogP contribution in [0.2, 0.25) is 0 Å². The number of nitrogens with two attached hydrogens (primary N) is 1. The number of benzene rings is 1. The van der Waals surface area contributed by atoms with Gasteiger partial charge < -0.3 is 26.2 Å². The zero-order chi connectivity index (χ0) is 13.1. The Kier molecular flexibility index (Phi) is 4.06. The zero-order valence-electron chi connectivity index (χ0n) is 10.6. The normalized spacial score (nSPS) is 23.6. The van der Waals surface area contributed by atoms with Crippen molar-refractivity contribution in [1.82, 2.24) is 5.32 Å². The second-order valence-corrected chi connectivity index (χ2v) is 4.72. The third-order valence-corrected chi connectivity index (χ3v) is 3.53. The summed E-state index contributed by atoms with van der Waals surface area (Å²) in [5, 5.41) is 22.0. The van der Waals surface area contributed by atoms with Crippen LogP contribution in [0.5, 0.6) is 0 Å². The maximum atomic E-state index is 9.88. The molecule has 0 bridgehead atoms. The van der Waals surface area contributed by atoms with E-state index in [1.165, 1.54) is 0 Å². The van der Waals surface area contributed by atoms with E-state index < -0.39 is 0 Å². The monoisotopic (exact) mass is 251 g/mol. The lowest BCUT2D eigenvalue weighted by atomic mass is 10.1. The Morgan fingerprint density at radius 2 is 2.22 bits per heavy atom. The number of rotatable bonds is 4. The molecule has 0 radical (unpaired) electrons. The molecule has 5 N–H and O–H groups in total. The minimum absolute atomic E-state index is 0.0927. The zero-order valence-corrected chi connectivity index (χ0v) is 10.6. The summed E-state index contributed by atoms with van der Waals surface area (Å²) >= 11 is 0. The number of aliphatic hydroxyl groups is 2. The van der Waals surface area contributed by atoms with Crippen molar-refractivity contribution in [2.45, 2.75) is 18.6 Å². The molecule has 5 nitrogen and oxygen atoms in total. The molecule has 0 saturated carbocycles. The average Bonchev–Trinajstić information content (AvgIpc) is 2.73. The van der Waals surface area contributed by atoms with Gasteiger partial charge in [-0.05, 0) is 37.2 Å². The number of anilines is 2. The Morgan fingerprint density at radius 1 is 1.44 bits per heavy atom. The number of nitrogens with zero attached hydrogens (tertiary/aromatic N) is 1. The van der Waals surface area contributed by atoms with Crippen LogP contribution in [-0.4, -0.2) is 49.1 Å². The highest BCUT2D eigenvalue weighted by molar-refractivity contribution is 5.59. The fourth-order valence-corrected chi connectivity index (χ4v) is 2.41. The van der Waals surface area contributed by atoms with Gasteiger partial charge in [0.15, 0.2) is 0 Å². The molecule has 1 aliphatic heterocycles. The van der Waals surface area contributed by atoms with Gasteiger partial charge in [-0.15, -0.1) is 0 Å². The predicted molar refractivity (Wildman–Crippen MR) is 72.7 cm³/mol. The highest BCUT2D eigenvalue weighted by Gasteiger charge is 2.30. The largest absolute Gasteiger partial charge is 0.399 e. The van der Waals surface area contributed by atoms with Gasteiger partial charge in [-0.1, -0.05) is 0 Å². The van der Waals surface area contributed by atoms with Gasteiger partial charge in [-0.3, -0.25) is 0 Å². The molecule has 0 aromatic heterocycles. The second kappa shape index (κ2) is 5.56. The second-order valence-electron chi connectivity index (χ2n) is 4.72. The van der Waals surface area contributed by atoms with Crippen molar-refractivity contribution < 1.29 is 10.2 Å². The molecule has 0 aliphatic carbocycles. The smallest absolute Gasteiger partial charge is 0.0884 e. The molecule has 1 aromatic carbocycles. The molecule has 18 heavy (non-hydrogen) atoms. The van der Waals surface area contributed by atoms with Crippen LogP contribution in [0.25, 0.3) is 0 Å². The van der Waals surface area contributed by atoms with Gasteiger partial charge >= 0.3 is 0 Å². The summed E-state index contributed by atoms with van der Waals surface area (Å²) in [7, 11) is 1.86. The van der Waals surface area contributed by atoms with E-state index in [4.69, 9.17) is 10.8 Å². The molecular formula is C13H21N3O2. The van der Waals surface area contributed by atoms with Crippen LogP contribution in [-0.2, 0) is 6.42 Å². The SMILES string of the molecule is CNC1CN(c2ccc(N)c(CCO)c2)CC1O. The van der Waals surface area contributed by atoms with Gasteiger partial charge in [0.2, 0.25) is 0 Å². The van der Waals surface area contributed by atoms with Gasteiger partial charge in [0, 0.05) is 31.1 Å². The first-order valence-corrected chi connectivity index (χ1v) is 6.25. The summed E-state index contributed by atoms with van der Waals surface area (Å²) in [5.41, 5.74) is 8.57. The summed E-state index contributed by atoms with van der Waals surface area (Å²) in [5.74, 6) is 0. The minimum Gasteiger partial charge on any atom is -0.399 e. The third kappa shape index (κ3) is 2.58. The lowest BCUT2D eigenvalue weighted by Crippen LogP contribution is -2.36. The van der Waals surface area contributed by atoms with Crippen molar-refractivity contribution in [3.63, 3.8) is 0 Å². The van der Waals surface area contributed by atoms with Crippen molar-refractivity contribution in [2.24, 2.45) is 0 Å². The van der Waals surface area contributed by atoms with Crippen LogP contribution >= 0.6 is 0 Å². The van der Waals surface area contributed by atoms with Crippen molar-refractivity contribution in [1.29, 1.82) is 0 Å². The maximum absolute atomic E-state index is 9.88. The van der Waals surface area contributed by atoms with Crippen LogP contribution in [0.1, 0.15) is 5.56 Å². The number of β-amino-alcohol motifs (C(OH)–C–C–N with tert-alkyl or cyclic N) is 1. The Labute approximate surface area is 107 Å². The van der Waals surface area contributed by atoms with Gasteiger partial charge in [-0.25, -0.2) is 0 Å². The number of nitrogens with one attached hydrogen (secondary N) is 1. The lowest BCUT2D eigenvalue weighted by molar-refractivity contribution is 0.168. The van der Waals surface area contributed by atoms with Crippen molar-refractivity contribution in [3.8, 4) is 0 Å². The average molecular weight is 251 g/mol. The molecule has 2 unspecified atom stereocenters. The lowest BCUT2D eigenvalue weighted by Gasteiger charge is -2.19. The topological polar surface area (TPSA) is 81.8 Å². The van der Waals surface area contributed by atoms with Gasteiger partial charge in [-0.2, -0.15) is 0 Å². The third-order valence-electron chi connectivity index (χ3n) is 3.53. The van der Waals surface area contributed by atoms with E-state index in [9.17, 15) is 5.11 Å². The number of hydrogen-bond donors (Lipinski definition) is 4. The van der Waals surface area contributed by atoms with Crippen LogP contribution in [0.3, 0.4) is 0 Å². The summed E-state index contributed by atoms with van der Waals surface area (Å²) in [6.45, 7) is 1.49. The van der Waals surface area contributed by atoms with E-state index >= 15 is 0 Å². The molecule has 1 fully saturated rings. The Hall–Kier alpha value is -1.30. The number of likely N-dealkylation sites (N-methyl/N-ethyl adjacent to an activating group) is 1. The van der Waals surface area contributed by atoms with Gasteiger partial charge in [0.25, 0.3) is 0 Å². The molecule has 1 saturated heterocycles. The van der Waals surface area contributed by atoms with E-state index in [-0.39, 0.29) is 18.8 Å². The molecule has 1 aromatic rings. The highest BCUT2D eigenvalue weighted by atomic mass is 16.3. The molecule has 0 spiro atoms. The molecule has 0 amide bonds. The van der Waals surface area contributed by atoms with Crippen molar-refractivity contribution in [3.05, 3.63) is 23.8 Å². The standard InChI is InChI=1S/C13H21N3O2/c1-15-12-7-16(8-13(12)18)10-2-3-11(14)9(6-10)4-5-17/h2-3,6,12-13,15,17-18H,4-5,7-8,14H2,1H3. The molecule has 2 atom stereocenters. The number of nitrogen functional groups attached to an aromatic ring is 1. The summed E-state index contributed by atoms with van der Waals surface area (Å²) in [6, 6.07) is 5.92. The van der Waals surface area contributed by atoms with Crippen molar-refractivity contribution >= 4 is 11.4 Å². The van der Waals surface area contributed by atoms with Crippen LogP contribution in [0, 0.1) is 0 Å². The quantitative estimate of drug-likeness (QED) is 0.546. The molecule has 5 heteroatoms. The Balaban J connectivity index is 2.16. The summed E-state index contributed by atoms with van der Waals surface area (Å²) in [4.78, 5) is 2.13. The Bertz CT molecular complexity index is 411. The maximum Gasteiger partial charge on any atom is 0.0884 e. The first-order chi connectivity index (χ1) is 8.65. The Morgan fingerprint density at radius 3 is 2.83 bits per heavy atom. The highest BCUT2D eigenvalue weighted by Crippen LogP contribution is 2.25. The van der Waals surface area contributed by atoms with E-state index in [0.29, 0.717) is 18.7 Å². The fraction of sp³-hybridized carbons (Fsp3) is 0.538. The van der Waals surface area contributed by atoms with Crippen LogP contribution in [0.4, 0.5) is 11.4 Å². The van der Waals surface area contributed by atoms with Crippen LogP contribution in [0.15, 0.2) is 18.2 Å². The first kappa shape index (κ1) is 13.1. The molecule has 100 valence electrons. The van der Waals surface area contributed by atoms with Crippen molar-refractivity contribution in [2.75, 3.05) is 37.4 Å². The number of aliphatic hydroxyl groups excluding tert-OH is 2. The van der Waals surface area contributed by atoms with E-state index in [2.05, 4.69) is 10.2 Å². The van der Waals surface area contributed by atoms with E-state index in [1.54, 1.807) is 0 Å². The van der Waals surface area contributed by atoms with Gasteiger partial charge in [0.05, 0.1) is 12.1 Å². The van der Waals surface area contributed by atoms with Crippen LogP contribution < -0.4 is 16.0 Å². The fourth-order valence-electron chi connectivity index (χ4n) is 2.41. The predicted octanol–water partition coefficient (Wildman–Crippen LogP) is -0.427. The van der Waals surface area contributed by atoms with E-state index in [1.807, 2.05) is 25.2 Å². The first-order valence-electron chi connectivity index (χ1n) is 6.25. The van der Waals surface area contributed by atoms with E-state index in [0.717, 1.165) is 17.8 Å². The summed E-state index contributed by atoms with van der Waals surface area (Å²) in [6.07, 6.45) is 0.208. The number of hydrogen-bond acceptors (Lipinski definition) is 5. The minimum atomic E-state index is -0.353. The molecule has 1 heterocycles. The van der Waals surface area contributed by atoms with Gasteiger partial charge in [0.1, 0.15) is 0 Å².